The summed E-state index contributed by atoms with van der Waals surface area (Å²) in [6.45, 7) is 8.89. The monoisotopic (exact) mass is 295 g/mol. The van der Waals surface area contributed by atoms with Crippen molar-refractivity contribution in [3.05, 3.63) is 58.6 Å². The molecule has 0 amide bonds. The molecule has 0 fully saturated rings. The largest absolute Gasteiger partial charge is 0.361 e. The van der Waals surface area contributed by atoms with E-state index in [-0.39, 0.29) is 6.04 Å². The minimum Gasteiger partial charge on any atom is -0.361 e. The number of aromatic nitrogens is 2. The van der Waals surface area contributed by atoms with Crippen LogP contribution in [0, 0.1) is 20.8 Å². The molecule has 0 radical (unpaired) electrons. The van der Waals surface area contributed by atoms with Gasteiger partial charge in [-0.25, -0.2) is 0 Å². The number of nitrogens with zero attached hydrogens (tertiary/aromatic N) is 2. The SMILES string of the molecule is Cc1ccc2cc(CNC(C)c3c(C)noc3C)ccc2n1. The normalized spacial score (nSPS) is 12.7. The van der Waals surface area contributed by atoms with Gasteiger partial charge in [-0.3, -0.25) is 4.98 Å². The first-order valence-corrected chi connectivity index (χ1v) is 7.57. The first-order valence-electron chi connectivity index (χ1n) is 7.57. The van der Waals surface area contributed by atoms with Crippen molar-refractivity contribution < 1.29 is 4.52 Å². The number of benzene rings is 1. The Kier molecular flexibility index (Phi) is 3.94. The minimum absolute atomic E-state index is 0.207. The molecular weight excluding hydrogens is 274 g/mol. The lowest BCUT2D eigenvalue weighted by Crippen LogP contribution is -2.19. The molecule has 2 aromatic heterocycles. The van der Waals surface area contributed by atoms with Gasteiger partial charge in [0.05, 0.1) is 11.2 Å². The smallest absolute Gasteiger partial charge is 0.138 e. The fourth-order valence-electron chi connectivity index (χ4n) is 2.87. The van der Waals surface area contributed by atoms with Crippen molar-refractivity contribution in [3.8, 4) is 0 Å². The maximum Gasteiger partial charge on any atom is 0.138 e. The van der Waals surface area contributed by atoms with Crippen LogP contribution in [-0.2, 0) is 6.54 Å². The van der Waals surface area contributed by atoms with Crippen LogP contribution >= 0.6 is 0 Å². The molecule has 114 valence electrons. The summed E-state index contributed by atoms with van der Waals surface area (Å²) in [7, 11) is 0. The second-order valence-corrected chi connectivity index (χ2v) is 5.82. The zero-order valence-electron chi connectivity index (χ0n) is 13.5. The molecule has 0 saturated carbocycles. The summed E-state index contributed by atoms with van der Waals surface area (Å²) in [5.74, 6) is 0.885. The number of fused-ring (bicyclic) bond motifs is 1. The lowest BCUT2D eigenvalue weighted by Gasteiger charge is -2.14. The summed E-state index contributed by atoms with van der Waals surface area (Å²) in [4.78, 5) is 4.53. The predicted octanol–water partition coefficient (Wildman–Crippen LogP) is 4.00. The summed E-state index contributed by atoms with van der Waals surface area (Å²) in [5.41, 5.74) is 5.44. The van der Waals surface area contributed by atoms with Gasteiger partial charge in [-0.05, 0) is 51.5 Å². The predicted molar refractivity (Wildman–Crippen MR) is 87.7 cm³/mol. The summed E-state index contributed by atoms with van der Waals surface area (Å²) in [6, 6.07) is 10.8. The molecule has 2 heterocycles. The third-order valence-corrected chi connectivity index (χ3v) is 4.03. The summed E-state index contributed by atoms with van der Waals surface area (Å²) in [6.07, 6.45) is 0. The Labute approximate surface area is 130 Å². The van der Waals surface area contributed by atoms with Gasteiger partial charge in [-0.1, -0.05) is 17.3 Å². The molecule has 1 atom stereocenters. The molecule has 0 aliphatic heterocycles. The van der Waals surface area contributed by atoms with Crippen LogP contribution in [0.25, 0.3) is 10.9 Å². The van der Waals surface area contributed by atoms with E-state index in [4.69, 9.17) is 4.52 Å². The molecule has 0 bridgehead atoms. The van der Waals surface area contributed by atoms with Crippen LogP contribution in [0.3, 0.4) is 0 Å². The standard InChI is InChI=1S/C18H21N3O/c1-11-5-7-16-9-15(6-8-17(16)20-11)10-19-12(2)18-13(3)21-22-14(18)4/h5-9,12,19H,10H2,1-4H3. The molecule has 1 N–H and O–H groups in total. The highest BCUT2D eigenvalue weighted by Gasteiger charge is 2.15. The summed E-state index contributed by atoms with van der Waals surface area (Å²) >= 11 is 0. The zero-order chi connectivity index (χ0) is 15.7. The fraction of sp³-hybridized carbons (Fsp3) is 0.333. The first-order chi connectivity index (χ1) is 10.5. The Balaban J connectivity index is 1.75. The van der Waals surface area contributed by atoms with Crippen LogP contribution in [0.15, 0.2) is 34.9 Å². The van der Waals surface area contributed by atoms with Crippen molar-refractivity contribution in [3.63, 3.8) is 0 Å². The topological polar surface area (TPSA) is 51.0 Å². The number of aryl methyl sites for hydroxylation is 3. The van der Waals surface area contributed by atoms with E-state index in [0.29, 0.717) is 0 Å². The van der Waals surface area contributed by atoms with Crippen LogP contribution in [0.2, 0.25) is 0 Å². The lowest BCUT2D eigenvalue weighted by atomic mass is 10.1. The average Bonchev–Trinajstić information content (AvgIpc) is 2.84. The molecule has 4 heteroatoms. The minimum atomic E-state index is 0.207. The molecule has 3 rings (SSSR count). The number of hydrogen-bond donors (Lipinski definition) is 1. The van der Waals surface area contributed by atoms with Crippen molar-refractivity contribution in [2.75, 3.05) is 0 Å². The van der Waals surface area contributed by atoms with Crippen LogP contribution in [0.4, 0.5) is 0 Å². The zero-order valence-corrected chi connectivity index (χ0v) is 13.5. The van der Waals surface area contributed by atoms with Crippen molar-refractivity contribution >= 4 is 10.9 Å². The Morgan fingerprint density at radius 3 is 2.68 bits per heavy atom. The van der Waals surface area contributed by atoms with Crippen LogP contribution in [-0.4, -0.2) is 10.1 Å². The van der Waals surface area contributed by atoms with Gasteiger partial charge in [0.25, 0.3) is 0 Å². The van der Waals surface area contributed by atoms with E-state index < -0.39 is 0 Å². The van der Waals surface area contributed by atoms with Gasteiger partial charge >= 0.3 is 0 Å². The van der Waals surface area contributed by atoms with Gasteiger partial charge in [0.2, 0.25) is 0 Å². The summed E-state index contributed by atoms with van der Waals surface area (Å²) < 4.78 is 5.24. The van der Waals surface area contributed by atoms with Crippen molar-refractivity contribution in [2.24, 2.45) is 0 Å². The van der Waals surface area contributed by atoms with Gasteiger partial charge in [0.1, 0.15) is 5.76 Å². The molecule has 3 aromatic rings. The van der Waals surface area contributed by atoms with Gasteiger partial charge in [-0.2, -0.15) is 0 Å². The van der Waals surface area contributed by atoms with E-state index in [1.165, 1.54) is 10.9 Å². The maximum absolute atomic E-state index is 5.24. The second kappa shape index (κ2) is 5.89. The van der Waals surface area contributed by atoms with Crippen molar-refractivity contribution in [2.45, 2.75) is 40.3 Å². The van der Waals surface area contributed by atoms with Crippen LogP contribution in [0.5, 0.6) is 0 Å². The number of rotatable bonds is 4. The van der Waals surface area contributed by atoms with E-state index in [1.54, 1.807) is 0 Å². The Hall–Kier alpha value is -2.20. The first kappa shape index (κ1) is 14.7. The fourth-order valence-corrected chi connectivity index (χ4v) is 2.87. The molecule has 0 aliphatic rings. The maximum atomic E-state index is 5.24. The number of nitrogens with one attached hydrogen (secondary N) is 1. The van der Waals surface area contributed by atoms with E-state index in [1.807, 2.05) is 26.8 Å². The molecule has 0 saturated heterocycles. The highest BCUT2D eigenvalue weighted by molar-refractivity contribution is 5.79. The van der Waals surface area contributed by atoms with Gasteiger partial charge in [0, 0.05) is 29.2 Å². The lowest BCUT2D eigenvalue weighted by molar-refractivity contribution is 0.390. The van der Waals surface area contributed by atoms with Gasteiger partial charge < -0.3 is 9.84 Å². The molecule has 4 nitrogen and oxygen atoms in total. The third-order valence-electron chi connectivity index (χ3n) is 4.03. The molecule has 0 aliphatic carbocycles. The molecular formula is C18H21N3O. The van der Waals surface area contributed by atoms with Crippen molar-refractivity contribution in [1.29, 1.82) is 0 Å². The third kappa shape index (κ3) is 2.88. The molecule has 0 spiro atoms. The van der Waals surface area contributed by atoms with Gasteiger partial charge in [-0.15, -0.1) is 0 Å². The molecule has 22 heavy (non-hydrogen) atoms. The molecule has 1 aromatic carbocycles. The quantitative estimate of drug-likeness (QED) is 0.790. The van der Waals surface area contributed by atoms with E-state index in [9.17, 15) is 0 Å². The summed E-state index contributed by atoms with van der Waals surface area (Å²) in [5, 5.41) is 8.73. The Bertz CT molecular complexity index is 788. The highest BCUT2D eigenvalue weighted by atomic mass is 16.5. The van der Waals surface area contributed by atoms with Crippen LogP contribution in [0.1, 0.15) is 41.2 Å². The highest BCUT2D eigenvalue weighted by Crippen LogP contribution is 2.22. The Morgan fingerprint density at radius 1 is 1.14 bits per heavy atom. The van der Waals surface area contributed by atoms with Gasteiger partial charge in [0.15, 0.2) is 0 Å². The van der Waals surface area contributed by atoms with Crippen LogP contribution < -0.4 is 5.32 Å². The molecule has 1 unspecified atom stereocenters. The van der Waals surface area contributed by atoms with E-state index in [0.717, 1.165) is 34.8 Å². The van der Waals surface area contributed by atoms with E-state index >= 15 is 0 Å². The number of hydrogen-bond acceptors (Lipinski definition) is 4. The second-order valence-electron chi connectivity index (χ2n) is 5.82. The Morgan fingerprint density at radius 2 is 1.95 bits per heavy atom. The average molecular weight is 295 g/mol. The number of pyridine rings is 1. The van der Waals surface area contributed by atoms with E-state index in [2.05, 4.69) is 46.6 Å². The van der Waals surface area contributed by atoms with Crippen molar-refractivity contribution in [1.82, 2.24) is 15.5 Å².